The van der Waals surface area contributed by atoms with Crippen molar-refractivity contribution in [3.05, 3.63) is 0 Å². The standard InChI is InChI=1S/C14H25N3O4/c1-4-14(5-2,12(19)20)9-16-13(21)17-8-6-7-10(17)11(18)15-3/h10H,4-9H2,1-3H3,(H,15,18)(H,16,21)(H,19,20). The van der Waals surface area contributed by atoms with E-state index in [2.05, 4.69) is 10.6 Å². The molecule has 0 radical (unpaired) electrons. The largest absolute Gasteiger partial charge is 0.481 e. The second-order valence-corrected chi connectivity index (χ2v) is 5.42. The molecule has 1 unspecified atom stereocenters. The minimum absolute atomic E-state index is 0.0745. The van der Waals surface area contributed by atoms with Crippen molar-refractivity contribution >= 4 is 17.9 Å². The van der Waals surface area contributed by atoms with Gasteiger partial charge in [0.25, 0.3) is 0 Å². The Morgan fingerprint density at radius 2 is 1.90 bits per heavy atom. The maximum atomic E-state index is 12.2. The molecule has 0 aromatic rings. The number of aliphatic carboxylic acids is 1. The molecule has 0 spiro atoms. The summed E-state index contributed by atoms with van der Waals surface area (Å²) in [4.78, 5) is 36.8. The molecule has 7 heteroatoms. The van der Waals surface area contributed by atoms with Crippen molar-refractivity contribution in [1.29, 1.82) is 0 Å². The maximum absolute atomic E-state index is 12.2. The molecule has 3 amide bonds. The third-order valence-corrected chi connectivity index (χ3v) is 4.45. The van der Waals surface area contributed by atoms with Crippen molar-refractivity contribution in [2.24, 2.45) is 5.41 Å². The van der Waals surface area contributed by atoms with Gasteiger partial charge in [-0.05, 0) is 25.7 Å². The first-order chi connectivity index (χ1) is 9.91. The molecule has 1 fully saturated rings. The summed E-state index contributed by atoms with van der Waals surface area (Å²) in [6.45, 7) is 4.19. The van der Waals surface area contributed by atoms with E-state index in [0.29, 0.717) is 25.8 Å². The van der Waals surface area contributed by atoms with Gasteiger partial charge in [0.05, 0.1) is 5.41 Å². The molecule has 1 atom stereocenters. The summed E-state index contributed by atoms with van der Waals surface area (Å²) < 4.78 is 0. The lowest BCUT2D eigenvalue weighted by atomic mass is 9.82. The number of amides is 3. The van der Waals surface area contributed by atoms with E-state index < -0.39 is 17.4 Å². The fraction of sp³-hybridized carbons (Fsp3) is 0.786. The zero-order chi connectivity index (χ0) is 16.0. The number of urea groups is 1. The van der Waals surface area contributed by atoms with E-state index >= 15 is 0 Å². The molecule has 1 heterocycles. The van der Waals surface area contributed by atoms with Crippen LogP contribution in [0.2, 0.25) is 0 Å². The summed E-state index contributed by atoms with van der Waals surface area (Å²) in [7, 11) is 1.54. The van der Waals surface area contributed by atoms with E-state index in [9.17, 15) is 19.5 Å². The smallest absolute Gasteiger partial charge is 0.318 e. The highest BCUT2D eigenvalue weighted by atomic mass is 16.4. The number of likely N-dealkylation sites (tertiary alicyclic amines) is 1. The van der Waals surface area contributed by atoms with Gasteiger partial charge in [0.15, 0.2) is 0 Å². The summed E-state index contributed by atoms with van der Waals surface area (Å²) in [5.41, 5.74) is -0.947. The summed E-state index contributed by atoms with van der Waals surface area (Å²) >= 11 is 0. The van der Waals surface area contributed by atoms with Gasteiger partial charge in [-0.15, -0.1) is 0 Å². The van der Waals surface area contributed by atoms with Crippen LogP contribution in [0.5, 0.6) is 0 Å². The number of rotatable bonds is 6. The average molecular weight is 299 g/mol. The molecule has 0 aromatic carbocycles. The van der Waals surface area contributed by atoms with E-state index in [-0.39, 0.29) is 18.5 Å². The van der Waals surface area contributed by atoms with Gasteiger partial charge in [-0.3, -0.25) is 9.59 Å². The van der Waals surface area contributed by atoms with E-state index in [4.69, 9.17) is 0 Å². The third-order valence-electron chi connectivity index (χ3n) is 4.45. The molecule has 1 rings (SSSR count). The molecular formula is C14H25N3O4. The number of nitrogens with zero attached hydrogens (tertiary/aromatic N) is 1. The van der Waals surface area contributed by atoms with Gasteiger partial charge in [0.1, 0.15) is 6.04 Å². The van der Waals surface area contributed by atoms with Crippen molar-refractivity contribution in [3.8, 4) is 0 Å². The molecule has 3 N–H and O–H groups in total. The van der Waals surface area contributed by atoms with Crippen LogP contribution in [-0.4, -0.2) is 54.1 Å². The van der Waals surface area contributed by atoms with Gasteiger partial charge in [-0.2, -0.15) is 0 Å². The molecular weight excluding hydrogens is 274 g/mol. The van der Waals surface area contributed by atoms with Crippen molar-refractivity contribution in [2.45, 2.75) is 45.6 Å². The highest BCUT2D eigenvalue weighted by Crippen LogP contribution is 2.26. The Kier molecular flexibility index (Phi) is 5.99. The number of carbonyl (C=O) groups excluding carboxylic acids is 2. The van der Waals surface area contributed by atoms with Gasteiger partial charge >= 0.3 is 12.0 Å². The molecule has 0 saturated carbocycles. The number of carboxylic acids is 1. The van der Waals surface area contributed by atoms with Crippen molar-refractivity contribution in [2.75, 3.05) is 20.1 Å². The minimum atomic E-state index is -0.947. The lowest BCUT2D eigenvalue weighted by Crippen LogP contribution is -2.51. The fourth-order valence-electron chi connectivity index (χ4n) is 2.67. The van der Waals surface area contributed by atoms with Crippen LogP contribution in [0.3, 0.4) is 0 Å². The van der Waals surface area contributed by atoms with Crippen LogP contribution in [0.15, 0.2) is 0 Å². The highest BCUT2D eigenvalue weighted by Gasteiger charge is 2.38. The normalized spacial score (nSPS) is 18.4. The summed E-state index contributed by atoms with van der Waals surface area (Å²) in [5.74, 6) is -1.09. The molecule has 21 heavy (non-hydrogen) atoms. The number of likely N-dealkylation sites (N-methyl/N-ethyl adjacent to an activating group) is 1. The Bertz CT molecular complexity index is 407. The second kappa shape index (κ2) is 7.28. The zero-order valence-corrected chi connectivity index (χ0v) is 12.9. The molecule has 1 aliphatic heterocycles. The van der Waals surface area contributed by atoms with Crippen LogP contribution in [0.25, 0.3) is 0 Å². The summed E-state index contributed by atoms with van der Waals surface area (Å²) in [5, 5.41) is 14.6. The number of nitrogens with one attached hydrogen (secondary N) is 2. The first-order valence-electron chi connectivity index (χ1n) is 7.41. The first-order valence-corrected chi connectivity index (χ1v) is 7.41. The molecule has 120 valence electrons. The molecule has 1 saturated heterocycles. The second-order valence-electron chi connectivity index (χ2n) is 5.42. The first kappa shape index (κ1) is 17.3. The Morgan fingerprint density at radius 3 is 2.38 bits per heavy atom. The van der Waals surface area contributed by atoms with E-state index in [1.165, 1.54) is 4.90 Å². The number of hydrogen-bond donors (Lipinski definition) is 3. The van der Waals surface area contributed by atoms with Crippen LogP contribution >= 0.6 is 0 Å². The lowest BCUT2D eigenvalue weighted by molar-refractivity contribution is -0.149. The Balaban J connectivity index is 2.68. The van der Waals surface area contributed by atoms with Gasteiger partial charge in [0.2, 0.25) is 5.91 Å². The maximum Gasteiger partial charge on any atom is 0.318 e. The summed E-state index contributed by atoms with van der Waals surface area (Å²) in [6, 6.07) is -0.828. The van der Waals surface area contributed by atoms with Crippen LogP contribution < -0.4 is 10.6 Å². The molecule has 0 aromatic heterocycles. The molecule has 1 aliphatic rings. The van der Waals surface area contributed by atoms with Gasteiger partial charge in [-0.25, -0.2) is 4.79 Å². The van der Waals surface area contributed by atoms with Crippen molar-refractivity contribution in [3.63, 3.8) is 0 Å². The van der Waals surface area contributed by atoms with Crippen LogP contribution in [0, 0.1) is 5.41 Å². The number of hydrogen-bond acceptors (Lipinski definition) is 3. The van der Waals surface area contributed by atoms with Crippen molar-refractivity contribution in [1.82, 2.24) is 15.5 Å². The Hall–Kier alpha value is -1.79. The Morgan fingerprint density at radius 1 is 1.29 bits per heavy atom. The molecule has 0 aliphatic carbocycles. The molecule has 0 bridgehead atoms. The van der Waals surface area contributed by atoms with Crippen LogP contribution in [0.4, 0.5) is 4.79 Å². The van der Waals surface area contributed by atoms with Gasteiger partial charge in [0, 0.05) is 20.1 Å². The van der Waals surface area contributed by atoms with E-state index in [1.807, 2.05) is 0 Å². The quantitative estimate of drug-likeness (QED) is 0.675. The van der Waals surface area contributed by atoms with Gasteiger partial charge < -0.3 is 20.6 Å². The van der Waals surface area contributed by atoms with Crippen LogP contribution in [0.1, 0.15) is 39.5 Å². The van der Waals surface area contributed by atoms with Gasteiger partial charge in [-0.1, -0.05) is 13.8 Å². The predicted octanol–water partition coefficient (Wildman–Crippen LogP) is 0.797. The third kappa shape index (κ3) is 3.65. The fourth-order valence-corrected chi connectivity index (χ4v) is 2.67. The van der Waals surface area contributed by atoms with E-state index in [0.717, 1.165) is 6.42 Å². The zero-order valence-electron chi connectivity index (χ0n) is 12.9. The predicted molar refractivity (Wildman–Crippen MR) is 77.8 cm³/mol. The number of carbonyl (C=O) groups is 3. The summed E-state index contributed by atoms with van der Waals surface area (Å²) in [6.07, 6.45) is 2.30. The monoisotopic (exact) mass is 299 g/mol. The van der Waals surface area contributed by atoms with Crippen LogP contribution in [-0.2, 0) is 9.59 Å². The lowest BCUT2D eigenvalue weighted by Gasteiger charge is -2.29. The molecule has 7 nitrogen and oxygen atoms in total. The number of carboxylic acid groups (broad SMARTS) is 1. The highest BCUT2D eigenvalue weighted by molar-refractivity contribution is 5.87. The average Bonchev–Trinajstić information content (AvgIpc) is 2.97. The van der Waals surface area contributed by atoms with Crippen molar-refractivity contribution < 1.29 is 19.5 Å². The minimum Gasteiger partial charge on any atom is -0.481 e. The topological polar surface area (TPSA) is 98.7 Å². The van der Waals surface area contributed by atoms with E-state index in [1.54, 1.807) is 20.9 Å². The SMILES string of the molecule is CCC(CC)(CNC(=O)N1CCCC1C(=O)NC)C(=O)O. The Labute approximate surface area is 125 Å².